The van der Waals surface area contributed by atoms with Gasteiger partial charge in [0.1, 0.15) is 11.5 Å². The van der Waals surface area contributed by atoms with Crippen LogP contribution in [0.1, 0.15) is 270 Å². The van der Waals surface area contributed by atoms with Crippen LogP contribution in [0.3, 0.4) is 0 Å². The summed E-state index contributed by atoms with van der Waals surface area (Å²) < 4.78 is 2.58. The van der Waals surface area contributed by atoms with E-state index in [2.05, 4.69) is 100 Å². The number of phenols is 2. The molecule has 1 saturated carbocycles. The number of unbranched alkanes of at least 4 members (excludes halogenated alkanes) is 8. The zero-order valence-corrected chi connectivity index (χ0v) is 60.0. The van der Waals surface area contributed by atoms with Crippen molar-refractivity contribution in [2.24, 2.45) is 9.98 Å². The van der Waals surface area contributed by atoms with E-state index in [4.69, 9.17) is 9.98 Å². The summed E-state index contributed by atoms with van der Waals surface area (Å²) in [6.45, 7) is 38.3. The molecule has 0 spiro atoms. The Morgan fingerprint density at radius 2 is 0.703 bits per heavy atom. The average Bonchev–Trinajstić information content (AvgIpc) is 3.36. The first kappa shape index (κ1) is 77.2. The number of aromatic hydroxyl groups is 2. The van der Waals surface area contributed by atoms with Crippen molar-refractivity contribution in [3.63, 3.8) is 0 Å². The molecule has 10 heteroatoms. The van der Waals surface area contributed by atoms with Crippen LogP contribution < -0.4 is 0 Å². The molecule has 0 bridgehead atoms. The number of phenolic OH excluding ortho intramolecular Hbond substituents is 2. The van der Waals surface area contributed by atoms with Crippen LogP contribution in [-0.4, -0.2) is 96.1 Å². The van der Waals surface area contributed by atoms with Crippen LogP contribution in [0.4, 0.5) is 0 Å². The largest absolute Gasteiger partial charge is 0.507 e. The van der Waals surface area contributed by atoms with Gasteiger partial charge in [0, 0.05) is 138 Å². The Morgan fingerprint density at radius 1 is 0.446 bits per heavy atom. The van der Waals surface area contributed by atoms with Crippen molar-refractivity contribution in [3.05, 3.63) is 57.6 Å². The molecule has 1 aliphatic rings. The van der Waals surface area contributed by atoms with E-state index in [-0.39, 0.29) is 138 Å². The van der Waals surface area contributed by atoms with Crippen LogP contribution in [-0.2, 0) is 126 Å². The minimum absolute atomic E-state index is 0. The van der Waals surface area contributed by atoms with Gasteiger partial charge in [-0.25, -0.2) is 0 Å². The van der Waals surface area contributed by atoms with E-state index >= 15 is 0 Å². The maximum absolute atomic E-state index is 11.8. The van der Waals surface area contributed by atoms with Gasteiger partial charge < -0.3 is 19.2 Å². The van der Waals surface area contributed by atoms with Gasteiger partial charge in [-0.2, -0.15) is 0 Å². The fourth-order valence-electron chi connectivity index (χ4n) is 12.2. The number of hydrogen-bond donors (Lipinski definition) is 2. The molecule has 0 aromatic heterocycles. The summed E-state index contributed by atoms with van der Waals surface area (Å²) >= 11 is 0. The molecule has 0 aliphatic heterocycles. The second-order valence-electron chi connectivity index (χ2n) is 23.6. The van der Waals surface area contributed by atoms with Crippen molar-refractivity contribution in [2.45, 2.75) is 273 Å². The van der Waals surface area contributed by atoms with Crippen LogP contribution in [0.15, 0.2) is 34.3 Å². The molecule has 0 saturated heterocycles. The summed E-state index contributed by atoms with van der Waals surface area (Å²) in [6, 6.07) is 9.18. The monoisotopic (exact) mass is 1300 g/mol. The SMILES string of the molecule is CCCCC(C)(CCCC)c1cc(C)c(O)c(C=N[C@H]2CCCC[C@@H]2N=Cc2cc(C(C)(CCC[N+](CCCC)(CCCC)CCCC)CCC[N+](CCCC)(CCCC)CCCC)cc(C)c2O)c1.[Co].[Y].[Y].[Y]. The minimum Gasteiger partial charge on any atom is -0.507 e. The maximum Gasteiger partial charge on any atom is 0.127 e. The van der Waals surface area contributed by atoms with E-state index in [0.29, 0.717) is 11.5 Å². The van der Waals surface area contributed by atoms with Crippen molar-refractivity contribution in [2.75, 3.05) is 52.4 Å². The predicted octanol–water partition coefficient (Wildman–Crippen LogP) is 17.4. The summed E-state index contributed by atoms with van der Waals surface area (Å²) in [7, 11) is 0. The molecule has 6 nitrogen and oxygen atoms in total. The Morgan fingerprint density at radius 3 is 0.973 bits per heavy atom. The number of nitrogens with zero attached hydrogens (tertiary/aromatic N) is 4. The Labute approximate surface area is 544 Å². The van der Waals surface area contributed by atoms with Gasteiger partial charge in [-0.05, 0) is 149 Å². The van der Waals surface area contributed by atoms with E-state index in [0.717, 1.165) is 60.8 Å². The molecule has 0 amide bonds. The fourth-order valence-corrected chi connectivity index (χ4v) is 12.2. The molecule has 0 heterocycles. The van der Waals surface area contributed by atoms with Gasteiger partial charge in [0.15, 0.2) is 0 Å². The molecule has 2 aromatic carbocycles. The minimum atomic E-state index is -0.0115. The molecular formula is C64H114CoN4O2Y3+2. The zero-order chi connectivity index (χ0) is 51.5. The van der Waals surface area contributed by atoms with E-state index in [9.17, 15) is 10.2 Å². The molecule has 1 aliphatic carbocycles. The van der Waals surface area contributed by atoms with Gasteiger partial charge in [0.25, 0.3) is 0 Å². The number of aliphatic imine (C=N–C) groups is 2. The van der Waals surface area contributed by atoms with Gasteiger partial charge in [0.05, 0.1) is 64.4 Å². The van der Waals surface area contributed by atoms with Gasteiger partial charge in [-0.15, -0.1) is 0 Å². The number of aryl methyl sites for hydroxylation is 2. The quantitative estimate of drug-likeness (QED) is 0.0520. The summed E-state index contributed by atoms with van der Waals surface area (Å²) in [5, 5.41) is 23.2. The third-order valence-electron chi connectivity index (χ3n) is 17.4. The predicted molar refractivity (Wildman–Crippen MR) is 308 cm³/mol. The normalized spacial score (nSPS) is 15.5. The van der Waals surface area contributed by atoms with Crippen LogP contribution in [0.5, 0.6) is 11.5 Å². The van der Waals surface area contributed by atoms with Crippen molar-refractivity contribution in [1.29, 1.82) is 0 Å². The fraction of sp³-hybridized carbons (Fsp3) is 0.781. The molecule has 74 heavy (non-hydrogen) atoms. The van der Waals surface area contributed by atoms with Crippen molar-refractivity contribution in [3.8, 4) is 11.5 Å². The number of quaternary nitrogens is 2. The average molecular weight is 1300 g/mol. The standard InChI is InChI=1S/C64H112N4O2.Co.3Y/c1-13-21-35-63(11,36-22-14-2)57-47-53(9)61(69)55(49-57)51-65-59-33-29-30-34-60(59)66-52-56-50-58(48-54(10)62(56)70)64(12,37-31-45-67(39-23-15-3,40-24-16-4)41-25-17-5)38-32-46-68(42-26-18-6,43-27-19-7)44-28-20-8;;;;/h47-52,59-60H,13-46H2,1-12H3;;;;/p+2/t59-,60-;;;;/m0..../s1. The topological polar surface area (TPSA) is 65.2 Å². The van der Waals surface area contributed by atoms with Gasteiger partial charge in [-0.3, -0.25) is 9.98 Å². The van der Waals surface area contributed by atoms with Crippen molar-refractivity contribution < 1.29 is 134 Å². The van der Waals surface area contributed by atoms with Crippen molar-refractivity contribution in [1.82, 2.24) is 0 Å². The Bertz CT molecular complexity index is 1730. The van der Waals surface area contributed by atoms with Crippen LogP contribution in [0.2, 0.25) is 0 Å². The van der Waals surface area contributed by atoms with E-state index < -0.39 is 0 Å². The molecule has 1 fully saturated rings. The first-order valence-electron chi connectivity index (χ1n) is 30.1. The second-order valence-corrected chi connectivity index (χ2v) is 23.6. The van der Waals surface area contributed by atoms with E-state index in [1.165, 1.54) is 201 Å². The van der Waals surface area contributed by atoms with E-state index in [1.807, 2.05) is 19.4 Å². The van der Waals surface area contributed by atoms with Crippen LogP contribution in [0, 0.1) is 13.8 Å². The maximum atomic E-state index is 11.8. The molecule has 0 unspecified atom stereocenters. The Hall–Kier alpha value is 1.12. The third-order valence-corrected chi connectivity index (χ3v) is 17.4. The first-order valence-corrected chi connectivity index (χ1v) is 30.1. The van der Waals surface area contributed by atoms with Gasteiger partial charge in [-0.1, -0.05) is 158 Å². The number of hydrogen-bond acceptors (Lipinski definition) is 4. The second kappa shape index (κ2) is 42.0. The van der Waals surface area contributed by atoms with Crippen LogP contribution in [0.25, 0.3) is 0 Å². The summed E-state index contributed by atoms with van der Waals surface area (Å²) in [4.78, 5) is 10.6. The van der Waals surface area contributed by atoms with Crippen molar-refractivity contribution >= 4 is 12.4 Å². The summed E-state index contributed by atoms with van der Waals surface area (Å²) in [6.07, 6.45) is 35.6. The van der Waals surface area contributed by atoms with Gasteiger partial charge in [0.2, 0.25) is 0 Å². The Balaban J connectivity index is 0. The zero-order valence-electron chi connectivity index (χ0n) is 50.4. The molecule has 2 aromatic rings. The van der Waals surface area contributed by atoms with Crippen LogP contribution >= 0.6 is 0 Å². The molecule has 4 radical (unpaired) electrons. The molecule has 3 rings (SSSR count). The number of rotatable bonds is 38. The molecule has 2 N–H and O–H groups in total. The third kappa shape index (κ3) is 25.5. The summed E-state index contributed by atoms with van der Waals surface area (Å²) in [5.41, 5.74) is 6.34. The molecular weight excluding hydrogens is 1180 g/mol. The summed E-state index contributed by atoms with van der Waals surface area (Å²) in [5.74, 6) is 0.706. The van der Waals surface area contributed by atoms with E-state index in [1.54, 1.807) is 0 Å². The Kier molecular flexibility index (Phi) is 43.8. The smallest absolute Gasteiger partial charge is 0.127 e. The number of benzene rings is 2. The van der Waals surface area contributed by atoms with Gasteiger partial charge >= 0.3 is 0 Å². The molecule has 418 valence electrons. The first-order chi connectivity index (χ1) is 33.7. The molecule has 2 atom stereocenters.